The predicted molar refractivity (Wildman–Crippen MR) is 114 cm³/mol. The van der Waals surface area contributed by atoms with Crippen molar-refractivity contribution in [1.82, 2.24) is 14.2 Å². The summed E-state index contributed by atoms with van der Waals surface area (Å²) >= 11 is 0. The average Bonchev–Trinajstić information content (AvgIpc) is 3.00. The Morgan fingerprint density at radius 3 is 2.41 bits per heavy atom. The Morgan fingerprint density at radius 2 is 1.72 bits per heavy atom. The molecule has 0 saturated heterocycles. The average molecular weight is 418 g/mol. The summed E-state index contributed by atoms with van der Waals surface area (Å²) in [6.45, 7) is 1.36. The standard InChI is InChI=1S/C21H27N3O4S/c1-22(2)11-13-28-21(25)20-17-9-8-16(29(26,27)14-12-23(3)4)15-19(17)24-10-6-5-7-18(20)24/h5-10,15H,11-14H2,1-4H3. The molecular weight excluding hydrogens is 390 g/mol. The molecule has 3 aromatic rings. The number of carbonyl (C=O) groups excluding carboxylic acids is 1. The number of aromatic nitrogens is 1. The summed E-state index contributed by atoms with van der Waals surface area (Å²) in [4.78, 5) is 16.8. The molecule has 156 valence electrons. The highest BCUT2D eigenvalue weighted by Gasteiger charge is 2.22. The molecule has 2 aromatic heterocycles. The maximum atomic E-state index is 12.8. The van der Waals surface area contributed by atoms with Crippen LogP contribution in [0.3, 0.4) is 0 Å². The molecule has 2 heterocycles. The third-order valence-corrected chi connectivity index (χ3v) is 6.45. The van der Waals surface area contributed by atoms with Crippen LogP contribution in [-0.2, 0) is 14.6 Å². The van der Waals surface area contributed by atoms with Gasteiger partial charge >= 0.3 is 5.97 Å². The van der Waals surface area contributed by atoms with Crippen molar-refractivity contribution >= 4 is 32.2 Å². The van der Waals surface area contributed by atoms with E-state index in [4.69, 9.17) is 4.74 Å². The zero-order valence-electron chi connectivity index (χ0n) is 17.3. The topological polar surface area (TPSA) is 71.3 Å². The number of hydrogen-bond acceptors (Lipinski definition) is 6. The molecule has 0 saturated carbocycles. The Balaban J connectivity index is 2.06. The first-order valence-electron chi connectivity index (χ1n) is 9.43. The maximum Gasteiger partial charge on any atom is 0.341 e. The highest BCUT2D eigenvalue weighted by Crippen LogP contribution is 2.29. The van der Waals surface area contributed by atoms with Gasteiger partial charge in [-0.2, -0.15) is 0 Å². The van der Waals surface area contributed by atoms with E-state index in [9.17, 15) is 13.2 Å². The SMILES string of the molecule is CN(C)CCOC(=O)c1c2ccc(S(=O)(=O)CCN(C)C)cc2n2ccccc12. The van der Waals surface area contributed by atoms with Crippen LogP contribution in [0, 0.1) is 0 Å². The zero-order valence-corrected chi connectivity index (χ0v) is 18.1. The highest BCUT2D eigenvalue weighted by molar-refractivity contribution is 7.91. The van der Waals surface area contributed by atoms with E-state index < -0.39 is 15.8 Å². The Bertz CT molecular complexity index is 1130. The molecule has 0 N–H and O–H groups in total. The fourth-order valence-corrected chi connectivity index (χ4v) is 4.55. The zero-order chi connectivity index (χ0) is 21.2. The lowest BCUT2D eigenvalue weighted by molar-refractivity contribution is 0.0486. The van der Waals surface area contributed by atoms with Gasteiger partial charge in [0.2, 0.25) is 0 Å². The summed E-state index contributed by atoms with van der Waals surface area (Å²) in [7, 11) is 4.08. The van der Waals surface area contributed by atoms with Crippen LogP contribution in [0.2, 0.25) is 0 Å². The monoisotopic (exact) mass is 417 g/mol. The molecule has 0 aliphatic carbocycles. The summed E-state index contributed by atoms with van der Waals surface area (Å²) < 4.78 is 32.8. The van der Waals surface area contributed by atoms with Crippen LogP contribution in [0.25, 0.3) is 16.4 Å². The van der Waals surface area contributed by atoms with Crippen LogP contribution in [0.5, 0.6) is 0 Å². The Labute approximate surface area is 171 Å². The summed E-state index contributed by atoms with van der Waals surface area (Å²) in [6.07, 6.45) is 1.82. The molecule has 0 bridgehead atoms. The van der Waals surface area contributed by atoms with E-state index in [0.717, 1.165) is 0 Å². The quantitative estimate of drug-likeness (QED) is 0.523. The second-order valence-corrected chi connectivity index (χ2v) is 9.68. The van der Waals surface area contributed by atoms with E-state index in [-0.39, 0.29) is 17.3 Å². The van der Waals surface area contributed by atoms with Crippen LogP contribution in [0.4, 0.5) is 0 Å². The largest absolute Gasteiger partial charge is 0.461 e. The molecular formula is C21H27N3O4S. The minimum atomic E-state index is -3.43. The number of nitrogens with zero attached hydrogens (tertiary/aromatic N) is 3. The van der Waals surface area contributed by atoms with Gasteiger partial charge in [0.05, 0.1) is 27.2 Å². The van der Waals surface area contributed by atoms with Crippen LogP contribution in [-0.4, -0.2) is 82.2 Å². The van der Waals surface area contributed by atoms with E-state index in [0.29, 0.717) is 35.1 Å². The Morgan fingerprint density at radius 1 is 1.00 bits per heavy atom. The molecule has 8 heteroatoms. The Hall–Kier alpha value is -2.42. The second-order valence-electron chi connectivity index (χ2n) is 7.57. The minimum absolute atomic E-state index is 0.0360. The molecule has 29 heavy (non-hydrogen) atoms. The van der Waals surface area contributed by atoms with E-state index in [1.165, 1.54) is 0 Å². The predicted octanol–water partition coefficient (Wildman–Crippen LogP) is 2.15. The number of ether oxygens (including phenoxy) is 1. The number of esters is 1. The van der Waals surface area contributed by atoms with Gasteiger partial charge in [-0.3, -0.25) is 0 Å². The molecule has 0 radical (unpaired) electrons. The van der Waals surface area contributed by atoms with E-state index in [2.05, 4.69) is 0 Å². The lowest BCUT2D eigenvalue weighted by Crippen LogP contribution is -2.22. The second kappa shape index (κ2) is 8.52. The normalized spacial score (nSPS) is 12.3. The third-order valence-electron chi connectivity index (χ3n) is 4.76. The highest BCUT2D eigenvalue weighted by atomic mass is 32.2. The number of hydrogen-bond donors (Lipinski definition) is 0. The fraction of sp³-hybridized carbons (Fsp3) is 0.381. The summed E-state index contributed by atoms with van der Waals surface area (Å²) in [5, 5.41) is 0.678. The van der Waals surface area contributed by atoms with Crippen molar-refractivity contribution in [1.29, 1.82) is 0 Å². The molecule has 1 aromatic carbocycles. The van der Waals surface area contributed by atoms with Crippen molar-refractivity contribution in [3.63, 3.8) is 0 Å². The molecule has 0 atom stereocenters. The number of fused-ring (bicyclic) bond motifs is 3. The molecule has 0 aliphatic rings. The molecule has 0 fully saturated rings. The minimum Gasteiger partial charge on any atom is -0.461 e. The van der Waals surface area contributed by atoms with E-state index in [1.54, 1.807) is 18.2 Å². The number of carbonyl (C=O) groups is 1. The molecule has 0 aliphatic heterocycles. The lowest BCUT2D eigenvalue weighted by atomic mass is 10.1. The van der Waals surface area contributed by atoms with Crippen molar-refractivity contribution in [3.05, 3.63) is 48.2 Å². The van der Waals surface area contributed by atoms with Crippen molar-refractivity contribution in [2.75, 3.05) is 53.6 Å². The molecule has 0 spiro atoms. The van der Waals surface area contributed by atoms with Gasteiger partial charge in [0, 0.05) is 24.7 Å². The van der Waals surface area contributed by atoms with Crippen LogP contribution in [0.1, 0.15) is 10.4 Å². The van der Waals surface area contributed by atoms with Crippen LogP contribution in [0.15, 0.2) is 47.5 Å². The smallest absolute Gasteiger partial charge is 0.341 e. The first-order chi connectivity index (χ1) is 13.7. The van der Waals surface area contributed by atoms with Crippen molar-refractivity contribution < 1.29 is 17.9 Å². The number of sulfone groups is 1. The van der Waals surface area contributed by atoms with Crippen molar-refractivity contribution in [2.24, 2.45) is 0 Å². The first-order valence-corrected chi connectivity index (χ1v) is 11.1. The molecule has 7 nitrogen and oxygen atoms in total. The van der Waals surface area contributed by atoms with E-state index in [1.807, 2.05) is 66.8 Å². The number of likely N-dealkylation sites (N-methyl/N-ethyl adjacent to an activating group) is 1. The third kappa shape index (κ3) is 4.60. The summed E-state index contributed by atoms with van der Waals surface area (Å²) in [6, 6.07) is 10.4. The fourth-order valence-electron chi connectivity index (χ4n) is 3.14. The van der Waals surface area contributed by atoms with Gasteiger partial charge in [0.1, 0.15) is 6.61 Å². The van der Waals surface area contributed by atoms with Crippen LogP contribution < -0.4 is 0 Å². The van der Waals surface area contributed by atoms with E-state index >= 15 is 0 Å². The molecule has 0 amide bonds. The maximum absolute atomic E-state index is 12.8. The summed E-state index contributed by atoms with van der Waals surface area (Å²) in [5.74, 6) is -0.373. The number of benzene rings is 1. The van der Waals surface area contributed by atoms with Gasteiger partial charge in [-0.1, -0.05) is 12.1 Å². The summed E-state index contributed by atoms with van der Waals surface area (Å²) in [5.41, 5.74) is 1.82. The van der Waals surface area contributed by atoms with Gasteiger partial charge < -0.3 is 18.9 Å². The van der Waals surface area contributed by atoms with Gasteiger partial charge in [0.15, 0.2) is 9.84 Å². The van der Waals surface area contributed by atoms with Gasteiger partial charge in [-0.25, -0.2) is 13.2 Å². The van der Waals surface area contributed by atoms with Gasteiger partial charge in [-0.05, 0) is 52.5 Å². The van der Waals surface area contributed by atoms with Gasteiger partial charge in [-0.15, -0.1) is 0 Å². The lowest BCUT2D eigenvalue weighted by Gasteiger charge is -2.10. The molecule has 3 rings (SSSR count). The van der Waals surface area contributed by atoms with Crippen LogP contribution >= 0.6 is 0 Å². The van der Waals surface area contributed by atoms with Crippen molar-refractivity contribution in [2.45, 2.75) is 4.90 Å². The Kier molecular flexibility index (Phi) is 6.26. The molecule has 0 unspecified atom stereocenters. The van der Waals surface area contributed by atoms with Gasteiger partial charge in [0.25, 0.3) is 0 Å². The first kappa shape index (κ1) is 21.3. The van der Waals surface area contributed by atoms with Crippen molar-refractivity contribution in [3.8, 4) is 0 Å². The number of rotatable bonds is 8. The number of pyridine rings is 1.